The molecule has 2 rings (SSSR count). The average Bonchev–Trinajstić information content (AvgIpc) is 2.68. The van der Waals surface area contributed by atoms with E-state index in [1.54, 1.807) is 30.3 Å². The van der Waals surface area contributed by atoms with Crippen LogP contribution in [0.25, 0.3) is 0 Å². The first-order chi connectivity index (χ1) is 13.0. The maximum Gasteiger partial charge on any atom is 0.171 e. The molecular weight excluding hydrogens is 370 g/mol. The van der Waals surface area contributed by atoms with E-state index in [-0.39, 0.29) is 12.4 Å². The van der Waals surface area contributed by atoms with Gasteiger partial charge in [-0.25, -0.2) is 0 Å². The molecule has 8 heteroatoms. The van der Waals surface area contributed by atoms with E-state index in [0.29, 0.717) is 34.2 Å². The van der Waals surface area contributed by atoms with Crippen molar-refractivity contribution in [3.63, 3.8) is 0 Å². The smallest absolute Gasteiger partial charge is 0.171 e. The Hall–Kier alpha value is -2.29. The van der Waals surface area contributed by atoms with Crippen molar-refractivity contribution in [2.75, 3.05) is 40.8 Å². The molecule has 0 heterocycles. The summed E-state index contributed by atoms with van der Waals surface area (Å²) in [5, 5.41) is 9.25. The fraction of sp³-hybridized carbons (Fsp3) is 0.368. The number of nitrogens with two attached hydrogens (primary N) is 1. The van der Waals surface area contributed by atoms with Gasteiger partial charge in [0.15, 0.2) is 5.25 Å². The second-order valence-electron chi connectivity index (χ2n) is 5.72. The number of ether oxygens (including phenoxy) is 4. The lowest BCUT2D eigenvalue weighted by atomic mass is 10.1. The van der Waals surface area contributed by atoms with Crippen LogP contribution in [-0.4, -0.2) is 44.7 Å². The Kier molecular flexibility index (Phi) is 7.46. The third-order valence-electron chi connectivity index (χ3n) is 4.16. The second-order valence-corrected chi connectivity index (χ2v) is 7.34. The largest absolute Gasteiger partial charge is 0.616 e. The molecule has 7 nitrogen and oxygen atoms in total. The van der Waals surface area contributed by atoms with E-state index >= 15 is 0 Å². The summed E-state index contributed by atoms with van der Waals surface area (Å²) in [6.07, 6.45) is 0. The van der Waals surface area contributed by atoms with Crippen LogP contribution in [0.5, 0.6) is 23.0 Å². The number of nitrogen functional groups attached to an aromatic ring is 1. The Bertz CT molecular complexity index is 745. The number of rotatable bonds is 9. The lowest BCUT2D eigenvalue weighted by Gasteiger charge is -2.24. The quantitative estimate of drug-likeness (QED) is 0.495. The zero-order valence-corrected chi connectivity index (χ0v) is 16.7. The van der Waals surface area contributed by atoms with Crippen molar-refractivity contribution in [1.29, 1.82) is 0 Å². The molecule has 2 atom stereocenters. The molecule has 148 valence electrons. The first kappa shape index (κ1) is 21.0. The Balaban J connectivity index is 2.36. The Morgan fingerprint density at radius 1 is 0.963 bits per heavy atom. The lowest BCUT2D eigenvalue weighted by molar-refractivity contribution is 0.284. The van der Waals surface area contributed by atoms with E-state index < -0.39 is 16.4 Å². The average molecular weight is 395 g/mol. The molecule has 0 amide bonds. The standard InChI is InChI=1S/C19H25NO6S/c1-23-13-8-16(25-3)19(17(9-13)26-4)18(10-21)27(22)11-12-5-6-15(24-2)14(20)7-12/h5-9,18,21H,10-11,20H2,1-4H3. The SMILES string of the molecule is COc1cc(OC)c(C(CO)[S+]([O-])Cc2ccc(OC)c(N)c2)c(OC)c1. The second kappa shape index (κ2) is 9.59. The first-order valence-electron chi connectivity index (χ1n) is 8.19. The zero-order valence-electron chi connectivity index (χ0n) is 15.9. The third-order valence-corrected chi connectivity index (χ3v) is 5.80. The van der Waals surface area contributed by atoms with Gasteiger partial charge in [-0.15, -0.1) is 0 Å². The van der Waals surface area contributed by atoms with Gasteiger partial charge in [-0.1, -0.05) is 6.07 Å². The molecule has 0 saturated carbocycles. The number of aliphatic hydroxyl groups excluding tert-OH is 1. The summed E-state index contributed by atoms with van der Waals surface area (Å²) < 4.78 is 34.3. The minimum atomic E-state index is -1.46. The molecule has 0 spiro atoms. The van der Waals surface area contributed by atoms with Crippen LogP contribution >= 0.6 is 0 Å². The molecule has 0 saturated heterocycles. The van der Waals surface area contributed by atoms with Gasteiger partial charge in [-0.3, -0.25) is 0 Å². The van der Waals surface area contributed by atoms with E-state index in [2.05, 4.69) is 0 Å². The molecule has 0 aliphatic heterocycles. The van der Waals surface area contributed by atoms with Gasteiger partial charge in [-0.05, 0) is 23.3 Å². The highest BCUT2D eigenvalue weighted by atomic mass is 32.2. The third kappa shape index (κ3) is 4.71. The summed E-state index contributed by atoms with van der Waals surface area (Å²) in [6.45, 7) is -0.336. The Labute approximate surface area is 162 Å². The van der Waals surface area contributed by atoms with Crippen LogP contribution in [-0.2, 0) is 16.9 Å². The summed E-state index contributed by atoms with van der Waals surface area (Å²) in [5.74, 6) is 2.18. The van der Waals surface area contributed by atoms with Crippen molar-refractivity contribution < 1.29 is 28.6 Å². The van der Waals surface area contributed by atoms with Gasteiger partial charge in [0, 0.05) is 17.7 Å². The molecule has 2 aromatic rings. The lowest BCUT2D eigenvalue weighted by Crippen LogP contribution is -2.20. The van der Waals surface area contributed by atoms with Crippen LogP contribution in [0.4, 0.5) is 5.69 Å². The van der Waals surface area contributed by atoms with Gasteiger partial charge >= 0.3 is 0 Å². The number of benzene rings is 2. The van der Waals surface area contributed by atoms with Crippen molar-refractivity contribution in [2.45, 2.75) is 11.0 Å². The number of hydrogen-bond acceptors (Lipinski definition) is 7. The van der Waals surface area contributed by atoms with Gasteiger partial charge < -0.3 is 34.3 Å². The molecular formula is C19H25NO6S. The van der Waals surface area contributed by atoms with E-state index in [1.807, 2.05) is 0 Å². The first-order valence-corrected chi connectivity index (χ1v) is 9.57. The van der Waals surface area contributed by atoms with Crippen LogP contribution in [0.3, 0.4) is 0 Å². The fourth-order valence-corrected chi connectivity index (χ4v) is 4.17. The van der Waals surface area contributed by atoms with E-state index in [4.69, 9.17) is 24.7 Å². The highest BCUT2D eigenvalue weighted by molar-refractivity contribution is 7.90. The van der Waals surface area contributed by atoms with E-state index in [9.17, 15) is 9.66 Å². The van der Waals surface area contributed by atoms with Crippen LogP contribution < -0.4 is 24.7 Å². The topological polar surface area (TPSA) is 106 Å². The molecule has 0 fully saturated rings. The molecule has 0 aromatic heterocycles. The normalized spacial score (nSPS) is 13.0. The van der Waals surface area contributed by atoms with Crippen LogP contribution in [0.15, 0.2) is 30.3 Å². The van der Waals surface area contributed by atoms with Crippen LogP contribution in [0.2, 0.25) is 0 Å². The number of hydrogen-bond donors (Lipinski definition) is 2. The van der Waals surface area contributed by atoms with E-state index in [0.717, 1.165) is 5.56 Å². The molecule has 0 aliphatic rings. The molecule has 2 unspecified atom stereocenters. The molecule has 27 heavy (non-hydrogen) atoms. The monoisotopic (exact) mass is 395 g/mol. The number of aliphatic hydroxyl groups is 1. The minimum Gasteiger partial charge on any atom is -0.616 e. The highest BCUT2D eigenvalue weighted by Crippen LogP contribution is 2.42. The maximum absolute atomic E-state index is 13.0. The summed E-state index contributed by atoms with van der Waals surface area (Å²) in [7, 11) is 6.07. The molecule has 3 N–H and O–H groups in total. The number of methoxy groups -OCH3 is 4. The van der Waals surface area contributed by atoms with Gasteiger partial charge in [0.05, 0.1) is 46.3 Å². The van der Waals surface area contributed by atoms with Crippen molar-refractivity contribution in [3.05, 3.63) is 41.5 Å². The molecule has 0 aliphatic carbocycles. The van der Waals surface area contributed by atoms with Crippen LogP contribution in [0.1, 0.15) is 16.4 Å². The van der Waals surface area contributed by atoms with E-state index in [1.165, 1.54) is 28.4 Å². The zero-order chi connectivity index (χ0) is 20.0. The Morgan fingerprint density at radius 3 is 2.00 bits per heavy atom. The molecule has 0 bridgehead atoms. The number of anilines is 1. The van der Waals surface area contributed by atoms with Crippen molar-refractivity contribution in [3.8, 4) is 23.0 Å². The molecule has 2 aromatic carbocycles. The fourth-order valence-electron chi connectivity index (χ4n) is 2.79. The summed E-state index contributed by atoms with van der Waals surface area (Å²) in [5.41, 5.74) is 7.69. The van der Waals surface area contributed by atoms with Gasteiger partial charge in [0.1, 0.15) is 28.8 Å². The van der Waals surface area contributed by atoms with Gasteiger partial charge in [0.25, 0.3) is 0 Å². The summed E-state index contributed by atoms with van der Waals surface area (Å²) in [6, 6.07) is 8.58. The highest BCUT2D eigenvalue weighted by Gasteiger charge is 2.31. The summed E-state index contributed by atoms with van der Waals surface area (Å²) in [4.78, 5) is 0. The van der Waals surface area contributed by atoms with Gasteiger partial charge in [0.2, 0.25) is 0 Å². The summed E-state index contributed by atoms with van der Waals surface area (Å²) >= 11 is -1.46. The van der Waals surface area contributed by atoms with Crippen molar-refractivity contribution in [2.24, 2.45) is 0 Å². The van der Waals surface area contributed by atoms with Gasteiger partial charge in [-0.2, -0.15) is 0 Å². The predicted molar refractivity (Wildman–Crippen MR) is 105 cm³/mol. The van der Waals surface area contributed by atoms with Crippen LogP contribution in [0, 0.1) is 0 Å². The maximum atomic E-state index is 13.0. The van der Waals surface area contributed by atoms with Crippen molar-refractivity contribution >= 4 is 16.9 Å². The Morgan fingerprint density at radius 2 is 1.56 bits per heavy atom. The predicted octanol–water partition coefficient (Wildman–Crippen LogP) is 2.29. The van der Waals surface area contributed by atoms with Crippen molar-refractivity contribution in [1.82, 2.24) is 0 Å². The molecule has 0 radical (unpaired) electrons. The minimum absolute atomic E-state index is 0.206.